The molecule has 94 valence electrons. The summed E-state index contributed by atoms with van der Waals surface area (Å²) in [5.74, 6) is 1.02. The molecule has 1 unspecified atom stereocenters. The number of phenolic OH excluding ortho intramolecular Hbond substituents is 1. The van der Waals surface area contributed by atoms with E-state index < -0.39 is 0 Å². The molecule has 4 nitrogen and oxygen atoms in total. The van der Waals surface area contributed by atoms with Crippen LogP contribution < -0.4 is 4.74 Å². The summed E-state index contributed by atoms with van der Waals surface area (Å²) in [7, 11) is 0. The second-order valence-corrected chi connectivity index (χ2v) is 4.19. The molecule has 4 heteroatoms. The summed E-state index contributed by atoms with van der Waals surface area (Å²) in [6, 6.07) is 6.76. The van der Waals surface area contributed by atoms with Crippen molar-refractivity contribution in [2.45, 2.75) is 13.0 Å². The van der Waals surface area contributed by atoms with Crippen molar-refractivity contribution in [3.63, 3.8) is 0 Å². The Morgan fingerprint density at radius 2 is 2.18 bits per heavy atom. The van der Waals surface area contributed by atoms with E-state index in [1.54, 1.807) is 24.3 Å². The van der Waals surface area contributed by atoms with Crippen LogP contribution in [0.3, 0.4) is 0 Å². The number of phenols is 1. The second kappa shape index (κ2) is 5.89. The van der Waals surface area contributed by atoms with Crippen LogP contribution >= 0.6 is 0 Å². The topological polar surface area (TPSA) is 41.9 Å². The molecule has 0 bridgehead atoms. The zero-order valence-electron chi connectivity index (χ0n) is 10.1. The highest BCUT2D eigenvalue weighted by Gasteiger charge is 2.19. The summed E-state index contributed by atoms with van der Waals surface area (Å²) in [5, 5.41) is 9.15. The van der Waals surface area contributed by atoms with Crippen LogP contribution in [0.4, 0.5) is 0 Å². The van der Waals surface area contributed by atoms with Crippen molar-refractivity contribution in [2.75, 3.05) is 32.8 Å². The highest BCUT2D eigenvalue weighted by molar-refractivity contribution is 5.30. The Bertz CT molecular complexity index is 339. The number of morpholine rings is 1. The van der Waals surface area contributed by atoms with Crippen molar-refractivity contribution in [2.24, 2.45) is 0 Å². The van der Waals surface area contributed by atoms with E-state index in [0.717, 1.165) is 32.0 Å². The molecule has 0 spiro atoms. The first kappa shape index (κ1) is 12.2. The van der Waals surface area contributed by atoms with Crippen molar-refractivity contribution < 1.29 is 14.6 Å². The van der Waals surface area contributed by atoms with Crippen molar-refractivity contribution >= 4 is 0 Å². The summed E-state index contributed by atoms with van der Waals surface area (Å²) in [6.45, 7) is 6.47. The molecule has 1 aromatic carbocycles. The first-order valence-electron chi connectivity index (χ1n) is 6.03. The number of rotatable bonds is 4. The lowest BCUT2D eigenvalue weighted by atomic mass is 10.3. The molecule has 0 aromatic heterocycles. The van der Waals surface area contributed by atoms with E-state index in [0.29, 0.717) is 6.61 Å². The van der Waals surface area contributed by atoms with Gasteiger partial charge in [0.05, 0.1) is 6.61 Å². The van der Waals surface area contributed by atoms with Gasteiger partial charge in [0, 0.05) is 13.1 Å². The van der Waals surface area contributed by atoms with E-state index in [4.69, 9.17) is 14.6 Å². The van der Waals surface area contributed by atoms with Gasteiger partial charge in [-0.25, -0.2) is 0 Å². The molecule has 17 heavy (non-hydrogen) atoms. The van der Waals surface area contributed by atoms with Crippen molar-refractivity contribution in [3.8, 4) is 11.5 Å². The van der Waals surface area contributed by atoms with Crippen molar-refractivity contribution in [3.05, 3.63) is 24.3 Å². The molecule has 1 fully saturated rings. The van der Waals surface area contributed by atoms with Gasteiger partial charge in [-0.15, -0.1) is 0 Å². The number of hydrogen-bond donors (Lipinski definition) is 1. The van der Waals surface area contributed by atoms with Gasteiger partial charge in [0.25, 0.3) is 0 Å². The molecule has 1 atom stereocenters. The van der Waals surface area contributed by atoms with Gasteiger partial charge in [0.15, 0.2) is 0 Å². The quantitative estimate of drug-likeness (QED) is 0.861. The Hall–Kier alpha value is -1.26. The van der Waals surface area contributed by atoms with E-state index in [9.17, 15) is 0 Å². The first-order chi connectivity index (χ1) is 8.28. The van der Waals surface area contributed by atoms with Crippen LogP contribution in [-0.2, 0) is 4.74 Å². The molecule has 1 aliphatic heterocycles. The standard InChI is InChI=1S/C13H19NO3/c1-2-14-7-8-16-13(9-14)10-17-12-5-3-11(15)4-6-12/h3-6,13,15H,2,7-10H2,1H3. The van der Waals surface area contributed by atoms with Crippen LogP contribution in [0.2, 0.25) is 0 Å². The van der Waals surface area contributed by atoms with Crippen LogP contribution in [0.1, 0.15) is 6.92 Å². The fourth-order valence-electron chi connectivity index (χ4n) is 1.90. The van der Waals surface area contributed by atoms with Crippen LogP contribution in [0.5, 0.6) is 11.5 Å². The Morgan fingerprint density at radius 3 is 2.88 bits per heavy atom. The van der Waals surface area contributed by atoms with Gasteiger partial charge in [-0.3, -0.25) is 4.90 Å². The summed E-state index contributed by atoms with van der Waals surface area (Å²) >= 11 is 0. The number of aromatic hydroxyl groups is 1. The summed E-state index contributed by atoms with van der Waals surface area (Å²) in [6.07, 6.45) is 0.137. The molecule has 1 heterocycles. The maximum Gasteiger partial charge on any atom is 0.119 e. The number of ether oxygens (including phenoxy) is 2. The third-order valence-electron chi connectivity index (χ3n) is 2.94. The largest absolute Gasteiger partial charge is 0.508 e. The van der Waals surface area contributed by atoms with Gasteiger partial charge in [0.2, 0.25) is 0 Å². The minimum Gasteiger partial charge on any atom is -0.508 e. The molecular formula is C13H19NO3. The maximum absolute atomic E-state index is 9.15. The molecular weight excluding hydrogens is 218 g/mol. The molecule has 1 aliphatic rings. The van der Waals surface area contributed by atoms with E-state index in [1.165, 1.54) is 0 Å². The lowest BCUT2D eigenvalue weighted by Crippen LogP contribution is -2.44. The monoisotopic (exact) mass is 237 g/mol. The third kappa shape index (κ3) is 3.61. The first-order valence-corrected chi connectivity index (χ1v) is 6.03. The molecule has 1 aromatic rings. The van der Waals surface area contributed by atoms with Gasteiger partial charge in [-0.05, 0) is 30.8 Å². The number of nitrogens with zero attached hydrogens (tertiary/aromatic N) is 1. The predicted octanol–water partition coefficient (Wildman–Crippen LogP) is 1.49. The van der Waals surface area contributed by atoms with Crippen molar-refractivity contribution in [1.29, 1.82) is 0 Å². The lowest BCUT2D eigenvalue weighted by Gasteiger charge is -2.31. The maximum atomic E-state index is 9.15. The molecule has 0 saturated carbocycles. The third-order valence-corrected chi connectivity index (χ3v) is 2.94. The summed E-state index contributed by atoms with van der Waals surface area (Å²) in [4.78, 5) is 2.36. The Labute approximate surface area is 102 Å². The normalized spacial score (nSPS) is 21.4. The zero-order chi connectivity index (χ0) is 12.1. The number of benzene rings is 1. The molecule has 1 saturated heterocycles. The number of likely N-dealkylation sites (N-methyl/N-ethyl adjacent to an activating group) is 1. The van der Waals surface area contributed by atoms with Gasteiger partial charge in [0.1, 0.15) is 24.2 Å². The highest BCUT2D eigenvalue weighted by Crippen LogP contribution is 2.16. The zero-order valence-corrected chi connectivity index (χ0v) is 10.1. The minimum atomic E-state index is 0.137. The van der Waals surface area contributed by atoms with E-state index >= 15 is 0 Å². The predicted molar refractivity (Wildman–Crippen MR) is 65.5 cm³/mol. The van der Waals surface area contributed by atoms with E-state index in [-0.39, 0.29) is 11.9 Å². The minimum absolute atomic E-state index is 0.137. The molecule has 1 N–H and O–H groups in total. The van der Waals surface area contributed by atoms with E-state index in [2.05, 4.69) is 11.8 Å². The number of hydrogen-bond acceptors (Lipinski definition) is 4. The summed E-state index contributed by atoms with van der Waals surface area (Å²) < 4.78 is 11.3. The Morgan fingerprint density at radius 1 is 1.41 bits per heavy atom. The molecule has 0 aliphatic carbocycles. The summed E-state index contributed by atoms with van der Waals surface area (Å²) in [5.41, 5.74) is 0. The smallest absolute Gasteiger partial charge is 0.119 e. The molecule has 2 rings (SSSR count). The average Bonchev–Trinajstić information content (AvgIpc) is 2.38. The second-order valence-electron chi connectivity index (χ2n) is 4.19. The Kier molecular flexibility index (Phi) is 4.23. The van der Waals surface area contributed by atoms with Gasteiger partial charge >= 0.3 is 0 Å². The van der Waals surface area contributed by atoms with Crippen LogP contribution in [-0.4, -0.2) is 49.0 Å². The molecule has 0 radical (unpaired) electrons. The average molecular weight is 237 g/mol. The van der Waals surface area contributed by atoms with E-state index in [1.807, 2.05) is 0 Å². The fourth-order valence-corrected chi connectivity index (χ4v) is 1.90. The highest BCUT2D eigenvalue weighted by atomic mass is 16.5. The van der Waals surface area contributed by atoms with Crippen LogP contribution in [0.25, 0.3) is 0 Å². The SMILES string of the molecule is CCN1CCOC(COc2ccc(O)cc2)C1. The van der Waals surface area contributed by atoms with Crippen LogP contribution in [0.15, 0.2) is 24.3 Å². The van der Waals surface area contributed by atoms with Gasteiger partial charge in [-0.2, -0.15) is 0 Å². The molecule has 0 amide bonds. The fraction of sp³-hybridized carbons (Fsp3) is 0.538. The van der Waals surface area contributed by atoms with Crippen molar-refractivity contribution in [1.82, 2.24) is 4.90 Å². The van der Waals surface area contributed by atoms with Crippen LogP contribution in [0, 0.1) is 0 Å². The Balaban J connectivity index is 1.79. The van der Waals surface area contributed by atoms with Gasteiger partial charge < -0.3 is 14.6 Å². The van der Waals surface area contributed by atoms with Gasteiger partial charge in [-0.1, -0.05) is 6.92 Å². The lowest BCUT2D eigenvalue weighted by molar-refractivity contribution is -0.0464.